The van der Waals surface area contributed by atoms with Gasteiger partial charge in [0.05, 0.1) is 4.92 Å². The van der Waals surface area contributed by atoms with Crippen molar-refractivity contribution in [1.29, 1.82) is 0 Å². The number of benzene rings is 1. The molecule has 4 rings (SSSR count). The van der Waals surface area contributed by atoms with Crippen LogP contribution in [0.5, 0.6) is 0 Å². The molecule has 1 aliphatic carbocycles. The third-order valence-electron chi connectivity index (χ3n) is 6.00. The van der Waals surface area contributed by atoms with Gasteiger partial charge < -0.3 is 4.90 Å². The number of hydrogen-bond donors (Lipinski definition) is 0. The van der Waals surface area contributed by atoms with Crippen molar-refractivity contribution in [2.75, 3.05) is 7.05 Å². The summed E-state index contributed by atoms with van der Waals surface area (Å²) in [6, 6.07) is 9.59. The second kappa shape index (κ2) is 6.64. The Morgan fingerprint density at radius 3 is 2.93 bits per heavy atom. The van der Waals surface area contributed by atoms with E-state index in [2.05, 4.69) is 24.0 Å². The standard InChI is InChI=1S/C20H21N3O3S/c1-20-10-9-18(24)22(2)17(20)8-5-13-12-14(6-7-15(13)20)27-19-16(23(25)26)4-3-11-21-19/h3-4,6-7,11-12,17H,5,8-10H2,1-2H3/t17-,20-/m1/s1. The topological polar surface area (TPSA) is 76.3 Å². The fourth-order valence-electron chi connectivity index (χ4n) is 4.54. The number of carbonyl (C=O) groups is 1. The molecule has 27 heavy (non-hydrogen) atoms. The number of nitrogens with zero attached hydrogens (tertiary/aromatic N) is 3. The van der Waals surface area contributed by atoms with Gasteiger partial charge in [0, 0.05) is 42.1 Å². The molecule has 0 N–H and O–H groups in total. The zero-order chi connectivity index (χ0) is 19.2. The monoisotopic (exact) mass is 383 g/mol. The summed E-state index contributed by atoms with van der Waals surface area (Å²) in [4.78, 5) is 30.0. The van der Waals surface area contributed by atoms with Crippen LogP contribution in [-0.2, 0) is 16.6 Å². The first-order chi connectivity index (χ1) is 12.9. The molecular weight excluding hydrogens is 362 g/mol. The predicted octanol–water partition coefficient (Wildman–Crippen LogP) is 3.97. The van der Waals surface area contributed by atoms with Crippen LogP contribution in [0.1, 0.15) is 37.3 Å². The number of aromatic nitrogens is 1. The average Bonchev–Trinajstić information content (AvgIpc) is 2.65. The fraction of sp³-hybridized carbons (Fsp3) is 0.400. The second-order valence-electron chi connectivity index (χ2n) is 7.48. The second-order valence-corrected chi connectivity index (χ2v) is 8.54. The summed E-state index contributed by atoms with van der Waals surface area (Å²) in [5.74, 6) is 0.232. The Morgan fingerprint density at radius 2 is 2.15 bits per heavy atom. The number of hydrogen-bond acceptors (Lipinski definition) is 5. The zero-order valence-corrected chi connectivity index (χ0v) is 16.2. The van der Waals surface area contributed by atoms with E-state index in [1.165, 1.54) is 29.0 Å². The van der Waals surface area contributed by atoms with Crippen molar-refractivity contribution in [3.8, 4) is 0 Å². The lowest BCUT2D eigenvalue weighted by atomic mass is 9.63. The summed E-state index contributed by atoms with van der Waals surface area (Å²) in [7, 11) is 1.92. The molecule has 0 spiro atoms. The van der Waals surface area contributed by atoms with Gasteiger partial charge in [0.1, 0.15) is 0 Å². The minimum Gasteiger partial charge on any atom is -0.342 e. The number of carbonyl (C=O) groups excluding carboxylic acids is 1. The molecule has 0 radical (unpaired) electrons. The maximum absolute atomic E-state index is 12.1. The molecule has 2 atom stereocenters. The van der Waals surface area contributed by atoms with Crippen molar-refractivity contribution >= 4 is 23.4 Å². The maximum Gasteiger partial charge on any atom is 0.301 e. The number of piperidine rings is 1. The zero-order valence-electron chi connectivity index (χ0n) is 15.3. The number of pyridine rings is 1. The molecule has 0 bridgehead atoms. The predicted molar refractivity (Wildman–Crippen MR) is 103 cm³/mol. The summed E-state index contributed by atoms with van der Waals surface area (Å²) >= 11 is 1.33. The lowest BCUT2D eigenvalue weighted by molar-refractivity contribution is -0.388. The Labute approximate surface area is 162 Å². The van der Waals surface area contributed by atoms with Crippen LogP contribution >= 0.6 is 11.8 Å². The van der Waals surface area contributed by atoms with E-state index in [9.17, 15) is 14.9 Å². The molecule has 1 fully saturated rings. The van der Waals surface area contributed by atoms with Crippen molar-refractivity contribution in [2.45, 2.75) is 54.0 Å². The SMILES string of the molecule is CN1C(=O)CC[C@]2(C)c3ccc(Sc4ncccc4[N+](=O)[O-])cc3CC[C@@H]12. The number of aryl methyl sites for hydroxylation is 1. The van der Waals surface area contributed by atoms with E-state index in [1.54, 1.807) is 12.3 Å². The Morgan fingerprint density at radius 1 is 1.33 bits per heavy atom. The van der Waals surface area contributed by atoms with Crippen LogP contribution in [0, 0.1) is 10.1 Å². The van der Waals surface area contributed by atoms with Crippen LogP contribution in [0.4, 0.5) is 5.69 Å². The molecule has 1 aliphatic heterocycles. The van der Waals surface area contributed by atoms with E-state index in [0.717, 1.165) is 24.2 Å². The molecule has 1 aromatic heterocycles. The van der Waals surface area contributed by atoms with Crippen LogP contribution in [0.3, 0.4) is 0 Å². The quantitative estimate of drug-likeness (QED) is 0.592. The molecule has 6 nitrogen and oxygen atoms in total. The highest BCUT2D eigenvalue weighted by atomic mass is 32.2. The lowest BCUT2D eigenvalue weighted by Crippen LogP contribution is -2.56. The number of rotatable bonds is 3. The molecule has 2 aliphatic rings. The Balaban J connectivity index is 1.66. The summed E-state index contributed by atoms with van der Waals surface area (Å²) in [5.41, 5.74) is 2.58. The first-order valence-corrected chi connectivity index (χ1v) is 9.88. The fourth-order valence-corrected chi connectivity index (χ4v) is 5.46. The molecule has 140 valence electrons. The third kappa shape index (κ3) is 3.00. The Hall–Kier alpha value is -2.41. The minimum absolute atomic E-state index is 0.0275. The molecule has 0 unspecified atom stereocenters. The van der Waals surface area contributed by atoms with E-state index >= 15 is 0 Å². The number of amides is 1. The van der Waals surface area contributed by atoms with Gasteiger partial charge in [-0.1, -0.05) is 24.8 Å². The Bertz CT molecular complexity index is 932. The van der Waals surface area contributed by atoms with Gasteiger partial charge in [0.15, 0.2) is 5.03 Å². The number of likely N-dealkylation sites (tertiary alicyclic amines) is 1. The van der Waals surface area contributed by atoms with Crippen LogP contribution in [-0.4, -0.2) is 33.8 Å². The molecule has 1 aromatic carbocycles. The minimum atomic E-state index is -0.395. The maximum atomic E-state index is 12.1. The van der Waals surface area contributed by atoms with E-state index < -0.39 is 4.92 Å². The normalized spacial score (nSPS) is 24.3. The summed E-state index contributed by atoms with van der Waals surface area (Å²) < 4.78 is 0. The molecule has 1 saturated heterocycles. The van der Waals surface area contributed by atoms with Crippen molar-refractivity contribution < 1.29 is 9.72 Å². The van der Waals surface area contributed by atoms with Gasteiger partial charge in [-0.3, -0.25) is 14.9 Å². The number of likely N-dealkylation sites (N-methyl/N-ethyl adjacent to an activating group) is 1. The summed E-state index contributed by atoms with van der Waals surface area (Å²) in [5, 5.41) is 11.6. The van der Waals surface area contributed by atoms with Gasteiger partial charge in [0.25, 0.3) is 0 Å². The highest BCUT2D eigenvalue weighted by Crippen LogP contribution is 2.46. The highest BCUT2D eigenvalue weighted by molar-refractivity contribution is 7.99. The summed E-state index contributed by atoms with van der Waals surface area (Å²) in [6.07, 6.45) is 4.88. The smallest absolute Gasteiger partial charge is 0.301 e. The summed E-state index contributed by atoms with van der Waals surface area (Å²) in [6.45, 7) is 2.26. The average molecular weight is 383 g/mol. The number of fused-ring (bicyclic) bond motifs is 3. The third-order valence-corrected chi connectivity index (χ3v) is 6.99. The van der Waals surface area contributed by atoms with Crippen molar-refractivity contribution in [3.05, 3.63) is 57.8 Å². The van der Waals surface area contributed by atoms with Crippen molar-refractivity contribution in [3.63, 3.8) is 0 Å². The van der Waals surface area contributed by atoms with Crippen molar-refractivity contribution in [2.24, 2.45) is 0 Å². The van der Waals surface area contributed by atoms with Crippen LogP contribution < -0.4 is 0 Å². The largest absolute Gasteiger partial charge is 0.342 e. The van der Waals surface area contributed by atoms with Crippen LogP contribution in [0.25, 0.3) is 0 Å². The van der Waals surface area contributed by atoms with Gasteiger partial charge in [0.2, 0.25) is 5.91 Å². The van der Waals surface area contributed by atoms with Crippen molar-refractivity contribution in [1.82, 2.24) is 9.88 Å². The van der Waals surface area contributed by atoms with Crippen LogP contribution in [0.15, 0.2) is 46.5 Å². The van der Waals surface area contributed by atoms with E-state index in [-0.39, 0.29) is 23.1 Å². The van der Waals surface area contributed by atoms with E-state index in [1.807, 2.05) is 18.0 Å². The lowest BCUT2D eigenvalue weighted by Gasteiger charge is -2.50. The molecular formula is C20H21N3O3S. The van der Waals surface area contributed by atoms with Gasteiger partial charge in [-0.2, -0.15) is 0 Å². The van der Waals surface area contributed by atoms with Gasteiger partial charge in [-0.25, -0.2) is 4.98 Å². The molecule has 2 heterocycles. The highest BCUT2D eigenvalue weighted by Gasteiger charge is 2.46. The molecule has 7 heteroatoms. The van der Waals surface area contributed by atoms with Gasteiger partial charge in [-0.15, -0.1) is 0 Å². The molecule has 2 aromatic rings. The molecule has 1 amide bonds. The molecule has 0 saturated carbocycles. The number of nitro groups is 1. The van der Waals surface area contributed by atoms with Gasteiger partial charge in [-0.05, 0) is 48.6 Å². The van der Waals surface area contributed by atoms with Gasteiger partial charge >= 0.3 is 5.69 Å². The van der Waals surface area contributed by atoms with E-state index in [0.29, 0.717) is 11.4 Å². The first kappa shape index (κ1) is 18.0. The Kier molecular flexibility index (Phi) is 4.42. The first-order valence-electron chi connectivity index (χ1n) is 9.06. The van der Waals surface area contributed by atoms with E-state index in [4.69, 9.17) is 0 Å². The van der Waals surface area contributed by atoms with Crippen LogP contribution in [0.2, 0.25) is 0 Å².